The largest absolute Gasteiger partial charge is 0.472 e. The number of hydrogen-bond donors (Lipinski definition) is 4. The highest BCUT2D eigenvalue weighted by atomic mass is 32.2. The van der Waals surface area contributed by atoms with Crippen molar-refractivity contribution in [2.45, 2.75) is 50.1 Å². The Kier molecular flexibility index (Phi) is 7.96. The van der Waals surface area contributed by atoms with Crippen LogP contribution in [0.15, 0.2) is 0 Å². The maximum atomic E-state index is 12.0. The zero-order valence-corrected chi connectivity index (χ0v) is 17.4. The molecule has 2 aliphatic heterocycles. The number of carbonyl (C=O) groups excluding carboxylic acids is 2. The van der Waals surface area contributed by atoms with Crippen LogP contribution in [0.3, 0.4) is 0 Å². The van der Waals surface area contributed by atoms with E-state index in [0.29, 0.717) is 13.0 Å². The van der Waals surface area contributed by atoms with Gasteiger partial charge < -0.3 is 25.6 Å². The van der Waals surface area contributed by atoms with Crippen LogP contribution in [0, 0.1) is 0 Å². The van der Waals surface area contributed by atoms with E-state index in [1.54, 1.807) is 32.5 Å². The summed E-state index contributed by atoms with van der Waals surface area (Å²) in [6, 6.07) is -0.0915. The van der Waals surface area contributed by atoms with Gasteiger partial charge in [-0.3, -0.25) is 13.8 Å². The molecular formula is C15H28N3O7PS. The second-order valence-electron chi connectivity index (χ2n) is 7.29. The zero-order chi connectivity index (χ0) is 20.1. The molecule has 0 saturated carbocycles. The molecule has 0 aliphatic carbocycles. The highest BCUT2D eigenvalue weighted by molar-refractivity contribution is 8.00. The molecular weight excluding hydrogens is 397 g/mol. The first-order chi connectivity index (χ1) is 12.6. The number of amides is 3. The molecule has 2 heterocycles. The summed E-state index contributed by atoms with van der Waals surface area (Å²) < 4.78 is 26.6. The Bertz CT molecular complexity index is 586. The predicted octanol–water partition coefficient (Wildman–Crippen LogP) is 0.607. The molecule has 0 aromatic heterocycles. The maximum absolute atomic E-state index is 12.0. The number of rotatable bonds is 10. The van der Waals surface area contributed by atoms with Gasteiger partial charge in [-0.05, 0) is 20.8 Å². The third-order valence-corrected chi connectivity index (χ3v) is 6.49. The lowest BCUT2D eigenvalue weighted by Gasteiger charge is -2.22. The molecule has 2 aliphatic rings. The molecule has 4 unspecified atom stereocenters. The van der Waals surface area contributed by atoms with Gasteiger partial charge in [0, 0.05) is 24.0 Å². The van der Waals surface area contributed by atoms with Crippen LogP contribution in [0.5, 0.6) is 0 Å². The molecule has 12 heteroatoms. The van der Waals surface area contributed by atoms with E-state index in [2.05, 4.69) is 16.0 Å². The summed E-state index contributed by atoms with van der Waals surface area (Å²) >= 11 is 1.67. The van der Waals surface area contributed by atoms with E-state index in [4.69, 9.17) is 13.8 Å². The molecule has 4 N–H and O–H groups in total. The van der Waals surface area contributed by atoms with Gasteiger partial charge in [-0.1, -0.05) is 0 Å². The Hall–Kier alpha value is -0.840. The number of ether oxygens (including phenoxy) is 1. The standard InChI is InChI=1S/C15H28N3O7PS/c1-15(2,3)25-26(21,22)24-7-6-23-5-4-16-12(19)8-11-13-10(9-27-11)17-14(20)18-13/h10-11,13H,4-9H2,1-3H3,(H,16,19)(H,21,22)(H2,17,18,20). The van der Waals surface area contributed by atoms with Gasteiger partial charge in [0.2, 0.25) is 5.91 Å². The molecule has 0 spiro atoms. The number of fused-ring (bicyclic) bond motifs is 1. The minimum Gasteiger partial charge on any atom is -0.377 e. The SMILES string of the molecule is CC(C)(C)OP(=O)(O)OCCOCCNC(=O)CC1SCC2NC(=O)NC21. The number of carbonyl (C=O) groups is 2. The molecule has 0 bridgehead atoms. The van der Waals surface area contributed by atoms with Crippen molar-refractivity contribution >= 4 is 31.5 Å². The number of urea groups is 1. The Balaban J connectivity index is 1.51. The van der Waals surface area contributed by atoms with Crippen molar-refractivity contribution < 1.29 is 32.8 Å². The molecule has 0 radical (unpaired) electrons. The van der Waals surface area contributed by atoms with Gasteiger partial charge in [-0.25, -0.2) is 9.36 Å². The fraction of sp³-hybridized carbons (Fsp3) is 0.867. The minimum absolute atomic E-state index is 0.00820. The summed E-state index contributed by atoms with van der Waals surface area (Å²) in [5, 5.41) is 8.50. The van der Waals surface area contributed by atoms with Gasteiger partial charge in [0.25, 0.3) is 0 Å². The first-order valence-electron chi connectivity index (χ1n) is 8.77. The second kappa shape index (κ2) is 9.58. The molecule has 2 rings (SSSR count). The van der Waals surface area contributed by atoms with Crippen molar-refractivity contribution in [2.75, 3.05) is 32.1 Å². The van der Waals surface area contributed by atoms with Crippen LogP contribution in [0.4, 0.5) is 4.79 Å². The number of thioether (sulfide) groups is 1. The molecule has 156 valence electrons. The van der Waals surface area contributed by atoms with E-state index in [-0.39, 0.29) is 49.1 Å². The van der Waals surface area contributed by atoms with Crippen molar-refractivity contribution in [3.8, 4) is 0 Å². The lowest BCUT2D eigenvalue weighted by atomic mass is 10.1. The summed E-state index contributed by atoms with van der Waals surface area (Å²) in [6.07, 6.45) is 0.328. The Labute approximate surface area is 163 Å². The Morgan fingerprint density at radius 3 is 2.78 bits per heavy atom. The number of phosphoric acid groups is 1. The first-order valence-corrected chi connectivity index (χ1v) is 11.3. The maximum Gasteiger partial charge on any atom is 0.472 e. The molecule has 0 aromatic carbocycles. The third-order valence-electron chi connectivity index (χ3n) is 3.76. The zero-order valence-electron chi connectivity index (χ0n) is 15.7. The van der Waals surface area contributed by atoms with Gasteiger partial charge in [0.15, 0.2) is 0 Å². The van der Waals surface area contributed by atoms with Gasteiger partial charge in [0.1, 0.15) is 0 Å². The fourth-order valence-electron chi connectivity index (χ4n) is 2.77. The molecule has 10 nitrogen and oxygen atoms in total. The smallest absolute Gasteiger partial charge is 0.377 e. The monoisotopic (exact) mass is 425 g/mol. The molecule has 27 heavy (non-hydrogen) atoms. The number of nitrogens with one attached hydrogen (secondary N) is 3. The first kappa shape index (κ1) is 22.4. The number of hydrogen-bond acceptors (Lipinski definition) is 7. The van der Waals surface area contributed by atoms with E-state index in [1.807, 2.05) is 0 Å². The predicted molar refractivity (Wildman–Crippen MR) is 101 cm³/mol. The van der Waals surface area contributed by atoms with E-state index in [9.17, 15) is 19.0 Å². The van der Waals surface area contributed by atoms with Crippen LogP contribution in [0.2, 0.25) is 0 Å². The lowest BCUT2D eigenvalue weighted by Crippen LogP contribution is -2.40. The molecule has 4 atom stereocenters. The lowest BCUT2D eigenvalue weighted by molar-refractivity contribution is -0.121. The van der Waals surface area contributed by atoms with Crippen molar-refractivity contribution in [1.29, 1.82) is 0 Å². The highest BCUT2D eigenvalue weighted by Crippen LogP contribution is 2.46. The summed E-state index contributed by atoms with van der Waals surface area (Å²) in [4.78, 5) is 32.8. The second-order valence-corrected chi connectivity index (χ2v) is 9.94. The van der Waals surface area contributed by atoms with E-state index in [1.165, 1.54) is 0 Å². The van der Waals surface area contributed by atoms with Crippen LogP contribution >= 0.6 is 19.6 Å². The average molecular weight is 425 g/mol. The van der Waals surface area contributed by atoms with Crippen LogP contribution in [-0.4, -0.2) is 71.9 Å². The summed E-state index contributed by atoms with van der Waals surface area (Å²) in [6.45, 7) is 5.55. The molecule has 2 saturated heterocycles. The van der Waals surface area contributed by atoms with Crippen LogP contribution in [0.25, 0.3) is 0 Å². The van der Waals surface area contributed by atoms with Crippen molar-refractivity contribution in [2.24, 2.45) is 0 Å². The van der Waals surface area contributed by atoms with Crippen molar-refractivity contribution in [1.82, 2.24) is 16.0 Å². The molecule has 3 amide bonds. The third kappa shape index (κ3) is 7.97. The van der Waals surface area contributed by atoms with Gasteiger partial charge in [-0.2, -0.15) is 11.8 Å². The van der Waals surface area contributed by atoms with Gasteiger partial charge >= 0.3 is 13.9 Å². The van der Waals surface area contributed by atoms with Crippen molar-refractivity contribution in [3.05, 3.63) is 0 Å². The normalized spacial score (nSPS) is 26.8. The highest BCUT2D eigenvalue weighted by Gasteiger charge is 2.43. The van der Waals surface area contributed by atoms with E-state index in [0.717, 1.165) is 5.75 Å². The fourth-order valence-corrected chi connectivity index (χ4v) is 5.30. The van der Waals surface area contributed by atoms with Crippen molar-refractivity contribution in [3.63, 3.8) is 0 Å². The summed E-state index contributed by atoms with van der Waals surface area (Å²) in [7, 11) is -4.10. The van der Waals surface area contributed by atoms with E-state index < -0.39 is 13.4 Å². The van der Waals surface area contributed by atoms with Gasteiger partial charge in [-0.15, -0.1) is 0 Å². The van der Waals surface area contributed by atoms with E-state index >= 15 is 0 Å². The average Bonchev–Trinajstić information content (AvgIpc) is 3.04. The van der Waals surface area contributed by atoms with Crippen LogP contribution in [0.1, 0.15) is 27.2 Å². The Morgan fingerprint density at radius 1 is 1.33 bits per heavy atom. The summed E-state index contributed by atoms with van der Waals surface area (Å²) in [5.74, 6) is 0.700. The topological polar surface area (TPSA) is 135 Å². The number of phosphoric ester groups is 1. The van der Waals surface area contributed by atoms with Gasteiger partial charge in [0.05, 0.1) is 37.5 Å². The summed E-state index contributed by atoms with van der Waals surface area (Å²) in [5.41, 5.74) is -0.787. The Morgan fingerprint density at radius 2 is 2.07 bits per heavy atom. The minimum atomic E-state index is -4.10. The van der Waals surface area contributed by atoms with Crippen LogP contribution in [-0.2, 0) is 23.1 Å². The molecule has 2 fully saturated rings. The quantitative estimate of drug-likeness (QED) is 0.227. The molecule has 0 aromatic rings. The van der Waals surface area contributed by atoms with Crippen LogP contribution < -0.4 is 16.0 Å².